The van der Waals surface area contributed by atoms with E-state index in [0.29, 0.717) is 18.5 Å². The van der Waals surface area contributed by atoms with Crippen LogP contribution in [-0.4, -0.2) is 24.5 Å². The zero-order valence-electron chi connectivity index (χ0n) is 11.7. The van der Waals surface area contributed by atoms with Crippen molar-refractivity contribution in [1.82, 2.24) is 10.6 Å². The molecule has 2 rings (SSSR count). The average molecular weight is 252 g/mol. The lowest BCUT2D eigenvalue weighted by Gasteiger charge is -2.24. The molecule has 0 spiro atoms. The second-order valence-corrected chi connectivity index (χ2v) is 6.23. The lowest BCUT2D eigenvalue weighted by molar-refractivity contribution is -0.122. The minimum Gasteiger partial charge on any atom is -0.353 e. The average Bonchev–Trinajstić information content (AvgIpc) is 2.56. The molecule has 2 fully saturated rings. The van der Waals surface area contributed by atoms with E-state index in [0.717, 1.165) is 18.9 Å². The Kier molecular flexibility index (Phi) is 5.48. The summed E-state index contributed by atoms with van der Waals surface area (Å²) in [7, 11) is 0. The molecule has 0 aromatic rings. The molecule has 1 aliphatic carbocycles. The minimum atomic E-state index is 0.258. The maximum absolute atomic E-state index is 12.0. The Morgan fingerprint density at radius 2 is 2.00 bits per heavy atom. The van der Waals surface area contributed by atoms with Gasteiger partial charge in [-0.1, -0.05) is 26.2 Å². The fraction of sp³-hybridized carbons (Fsp3) is 0.933. The summed E-state index contributed by atoms with van der Waals surface area (Å²) in [6, 6.07) is 0.856. The molecule has 1 amide bonds. The number of amides is 1. The fourth-order valence-electron chi connectivity index (χ4n) is 3.24. The maximum Gasteiger partial charge on any atom is 0.221 e. The summed E-state index contributed by atoms with van der Waals surface area (Å²) in [5.41, 5.74) is 0. The van der Waals surface area contributed by atoms with E-state index < -0.39 is 0 Å². The normalized spacial score (nSPS) is 33.7. The molecule has 3 nitrogen and oxygen atoms in total. The number of carbonyl (C=O) groups is 1. The van der Waals surface area contributed by atoms with Crippen molar-refractivity contribution >= 4 is 5.91 Å². The molecule has 1 heterocycles. The summed E-state index contributed by atoms with van der Waals surface area (Å²) in [6.45, 7) is 3.41. The summed E-state index contributed by atoms with van der Waals surface area (Å²) in [5, 5.41) is 6.69. The van der Waals surface area contributed by atoms with Crippen LogP contribution in [-0.2, 0) is 4.79 Å². The molecule has 1 saturated heterocycles. The van der Waals surface area contributed by atoms with E-state index in [-0.39, 0.29) is 5.91 Å². The van der Waals surface area contributed by atoms with Crippen molar-refractivity contribution in [1.29, 1.82) is 0 Å². The largest absolute Gasteiger partial charge is 0.353 e. The van der Waals surface area contributed by atoms with Gasteiger partial charge in [-0.15, -0.1) is 0 Å². The van der Waals surface area contributed by atoms with E-state index in [1.165, 1.54) is 44.9 Å². The molecule has 1 saturated carbocycles. The minimum absolute atomic E-state index is 0.258. The summed E-state index contributed by atoms with van der Waals surface area (Å²) >= 11 is 0. The van der Waals surface area contributed by atoms with Gasteiger partial charge in [-0.25, -0.2) is 0 Å². The van der Waals surface area contributed by atoms with E-state index in [1.54, 1.807) is 0 Å². The van der Waals surface area contributed by atoms with Gasteiger partial charge in [-0.05, 0) is 44.6 Å². The fourth-order valence-corrected chi connectivity index (χ4v) is 3.24. The van der Waals surface area contributed by atoms with Crippen LogP contribution in [0.2, 0.25) is 0 Å². The van der Waals surface area contributed by atoms with Crippen molar-refractivity contribution < 1.29 is 4.79 Å². The molecule has 2 N–H and O–H groups in total. The van der Waals surface area contributed by atoms with Crippen LogP contribution in [0.15, 0.2) is 0 Å². The van der Waals surface area contributed by atoms with Crippen LogP contribution in [0.1, 0.15) is 64.7 Å². The quantitative estimate of drug-likeness (QED) is 0.758. The zero-order valence-corrected chi connectivity index (χ0v) is 11.7. The van der Waals surface area contributed by atoms with Crippen LogP contribution in [0.3, 0.4) is 0 Å². The van der Waals surface area contributed by atoms with E-state index in [4.69, 9.17) is 0 Å². The third kappa shape index (κ3) is 4.60. The summed E-state index contributed by atoms with van der Waals surface area (Å²) < 4.78 is 0. The number of hydrogen-bond donors (Lipinski definition) is 2. The lowest BCUT2D eigenvalue weighted by atomic mass is 10.0. The van der Waals surface area contributed by atoms with Crippen LogP contribution >= 0.6 is 0 Å². The number of carbonyl (C=O) groups excluding carboxylic acids is 1. The molecule has 3 heteroatoms. The zero-order chi connectivity index (χ0) is 12.8. The van der Waals surface area contributed by atoms with Gasteiger partial charge < -0.3 is 10.6 Å². The molecule has 0 radical (unpaired) electrons. The maximum atomic E-state index is 12.0. The van der Waals surface area contributed by atoms with Gasteiger partial charge in [0, 0.05) is 18.5 Å². The first kappa shape index (κ1) is 13.9. The van der Waals surface area contributed by atoms with Gasteiger partial charge >= 0.3 is 0 Å². The molecular weight excluding hydrogens is 224 g/mol. The second-order valence-electron chi connectivity index (χ2n) is 6.23. The summed E-state index contributed by atoms with van der Waals surface area (Å²) in [5.74, 6) is 1.10. The van der Waals surface area contributed by atoms with Crippen LogP contribution in [0.5, 0.6) is 0 Å². The topological polar surface area (TPSA) is 41.1 Å². The number of rotatable bonds is 3. The van der Waals surface area contributed by atoms with Crippen LogP contribution in [0.4, 0.5) is 0 Å². The number of piperidine rings is 1. The van der Waals surface area contributed by atoms with Gasteiger partial charge in [0.1, 0.15) is 0 Å². The number of nitrogens with one attached hydrogen (secondary N) is 2. The first-order valence-electron chi connectivity index (χ1n) is 7.77. The SMILES string of the molecule is CC1CCCC(NC(=O)CC2CCCCN2)CC1. The Hall–Kier alpha value is -0.570. The van der Waals surface area contributed by atoms with Crippen molar-refractivity contribution in [2.24, 2.45) is 5.92 Å². The van der Waals surface area contributed by atoms with Gasteiger partial charge in [0.05, 0.1) is 0 Å². The highest BCUT2D eigenvalue weighted by atomic mass is 16.1. The molecule has 3 atom stereocenters. The van der Waals surface area contributed by atoms with Crippen molar-refractivity contribution in [3.63, 3.8) is 0 Å². The summed E-state index contributed by atoms with van der Waals surface area (Å²) in [6.07, 6.45) is 10.6. The molecule has 104 valence electrons. The molecule has 18 heavy (non-hydrogen) atoms. The van der Waals surface area contributed by atoms with Crippen molar-refractivity contribution in [2.75, 3.05) is 6.54 Å². The number of hydrogen-bond acceptors (Lipinski definition) is 2. The predicted octanol–water partition coefficient (Wildman–Crippen LogP) is 2.60. The van der Waals surface area contributed by atoms with Crippen LogP contribution < -0.4 is 10.6 Å². The molecule has 0 aromatic heterocycles. The molecule has 0 aromatic carbocycles. The highest BCUT2D eigenvalue weighted by Gasteiger charge is 2.20. The highest BCUT2D eigenvalue weighted by Crippen LogP contribution is 2.22. The van der Waals surface area contributed by atoms with Gasteiger partial charge in [-0.2, -0.15) is 0 Å². The summed E-state index contributed by atoms with van der Waals surface area (Å²) in [4.78, 5) is 12.0. The van der Waals surface area contributed by atoms with Gasteiger partial charge in [0.25, 0.3) is 0 Å². The molecule has 3 unspecified atom stereocenters. The van der Waals surface area contributed by atoms with Gasteiger partial charge in [0.2, 0.25) is 5.91 Å². The Bertz CT molecular complexity index is 261. The molecular formula is C15H28N2O. The van der Waals surface area contributed by atoms with Crippen molar-refractivity contribution in [3.05, 3.63) is 0 Å². The molecule has 2 aliphatic rings. The van der Waals surface area contributed by atoms with E-state index >= 15 is 0 Å². The lowest BCUT2D eigenvalue weighted by Crippen LogP contribution is -2.41. The third-order valence-corrected chi connectivity index (χ3v) is 4.47. The Balaban J connectivity index is 1.69. The van der Waals surface area contributed by atoms with E-state index in [2.05, 4.69) is 17.6 Å². The Labute approximate surface area is 111 Å². The Morgan fingerprint density at radius 3 is 2.78 bits per heavy atom. The third-order valence-electron chi connectivity index (χ3n) is 4.47. The standard InChI is InChI=1S/C15H28N2O/c1-12-5-4-7-13(9-8-12)17-15(18)11-14-6-2-3-10-16-14/h12-14,16H,2-11H2,1H3,(H,17,18). The highest BCUT2D eigenvalue weighted by molar-refractivity contribution is 5.76. The molecule has 1 aliphatic heterocycles. The van der Waals surface area contributed by atoms with Crippen LogP contribution in [0, 0.1) is 5.92 Å². The van der Waals surface area contributed by atoms with Crippen molar-refractivity contribution in [3.8, 4) is 0 Å². The monoisotopic (exact) mass is 252 g/mol. The second kappa shape index (κ2) is 7.13. The van der Waals surface area contributed by atoms with Gasteiger partial charge in [0.15, 0.2) is 0 Å². The predicted molar refractivity (Wildman–Crippen MR) is 74.4 cm³/mol. The Morgan fingerprint density at radius 1 is 1.11 bits per heavy atom. The molecule has 0 bridgehead atoms. The first-order valence-corrected chi connectivity index (χ1v) is 7.77. The smallest absolute Gasteiger partial charge is 0.221 e. The van der Waals surface area contributed by atoms with Crippen LogP contribution in [0.25, 0.3) is 0 Å². The van der Waals surface area contributed by atoms with Gasteiger partial charge in [-0.3, -0.25) is 4.79 Å². The van der Waals surface area contributed by atoms with Crippen molar-refractivity contribution in [2.45, 2.75) is 76.8 Å². The first-order chi connectivity index (χ1) is 8.74. The van der Waals surface area contributed by atoms with E-state index in [1.807, 2.05) is 0 Å². The van der Waals surface area contributed by atoms with E-state index in [9.17, 15) is 4.79 Å².